The standard InChI is InChI=1S/C16H12Cl2O2S/c17-11-9-13-1-5-15(6-2-13)21(19,20)16-7-3-14(4-8-16)10-12-18/h1-12H. The van der Waals surface area contributed by atoms with Gasteiger partial charge < -0.3 is 0 Å². The van der Waals surface area contributed by atoms with Gasteiger partial charge in [-0.3, -0.25) is 0 Å². The minimum absolute atomic E-state index is 0.245. The second-order valence-corrected chi connectivity index (χ2v) is 6.68. The summed E-state index contributed by atoms with van der Waals surface area (Å²) in [5.41, 5.74) is 4.44. The van der Waals surface area contributed by atoms with Gasteiger partial charge in [0, 0.05) is 11.1 Å². The van der Waals surface area contributed by atoms with Gasteiger partial charge in [-0.1, -0.05) is 47.5 Å². The molecule has 0 atom stereocenters. The molecule has 0 bridgehead atoms. The summed E-state index contributed by atoms with van der Waals surface area (Å²) in [6.07, 6.45) is 3.37. The highest BCUT2D eigenvalue weighted by Gasteiger charge is 2.16. The lowest BCUT2D eigenvalue weighted by atomic mass is 10.2. The molecule has 108 valence electrons. The lowest BCUT2D eigenvalue weighted by molar-refractivity contribution is 0.596. The van der Waals surface area contributed by atoms with Gasteiger partial charge in [0.05, 0.1) is 9.79 Å². The third-order valence-electron chi connectivity index (χ3n) is 2.89. The predicted octanol–water partition coefficient (Wildman–Crippen LogP) is 4.94. The summed E-state index contributed by atoms with van der Waals surface area (Å²) in [6.45, 7) is 0. The minimum atomic E-state index is -3.52. The monoisotopic (exact) mass is 338 g/mol. The maximum Gasteiger partial charge on any atom is 0.206 e. The van der Waals surface area contributed by atoms with Crippen molar-refractivity contribution in [3.05, 3.63) is 70.7 Å². The van der Waals surface area contributed by atoms with Crippen molar-refractivity contribution >= 4 is 45.2 Å². The van der Waals surface area contributed by atoms with Crippen molar-refractivity contribution in [3.8, 4) is 0 Å². The number of sulfone groups is 1. The fourth-order valence-corrected chi connectivity index (χ4v) is 3.35. The van der Waals surface area contributed by atoms with Gasteiger partial charge in [-0.2, -0.15) is 0 Å². The largest absolute Gasteiger partial charge is 0.219 e. The van der Waals surface area contributed by atoms with Crippen LogP contribution in [-0.4, -0.2) is 8.42 Å². The molecule has 0 saturated heterocycles. The molecule has 2 rings (SSSR count). The molecule has 2 nitrogen and oxygen atoms in total. The summed E-state index contributed by atoms with van der Waals surface area (Å²) in [6, 6.07) is 13.1. The van der Waals surface area contributed by atoms with Gasteiger partial charge in [-0.15, -0.1) is 0 Å². The first kappa shape index (κ1) is 15.8. The number of benzene rings is 2. The van der Waals surface area contributed by atoms with E-state index >= 15 is 0 Å². The Morgan fingerprint density at radius 2 is 1.00 bits per heavy atom. The fraction of sp³-hybridized carbons (Fsp3) is 0. The molecule has 0 saturated carbocycles. The highest BCUT2D eigenvalue weighted by molar-refractivity contribution is 7.91. The summed E-state index contributed by atoms with van der Waals surface area (Å²) in [5.74, 6) is 0. The molecule has 0 N–H and O–H groups in total. The minimum Gasteiger partial charge on any atom is -0.219 e. The Balaban J connectivity index is 2.36. The zero-order valence-electron chi connectivity index (χ0n) is 10.9. The molecule has 0 heterocycles. The third-order valence-corrected chi connectivity index (χ3v) is 4.93. The average molecular weight is 339 g/mol. The fourth-order valence-electron chi connectivity index (χ4n) is 1.80. The molecule has 0 aliphatic rings. The molecule has 0 aromatic heterocycles. The molecular formula is C16H12Cl2O2S. The van der Waals surface area contributed by atoms with Crippen LogP contribution in [0.2, 0.25) is 0 Å². The molecule has 0 amide bonds. The summed E-state index contributed by atoms with van der Waals surface area (Å²) in [7, 11) is -3.52. The van der Waals surface area contributed by atoms with Crippen LogP contribution in [0.3, 0.4) is 0 Å². The molecule has 0 aliphatic heterocycles. The zero-order chi connectivity index (χ0) is 15.3. The van der Waals surface area contributed by atoms with E-state index in [1.807, 2.05) is 0 Å². The van der Waals surface area contributed by atoms with E-state index in [-0.39, 0.29) is 9.79 Å². The van der Waals surface area contributed by atoms with Crippen LogP contribution >= 0.6 is 23.2 Å². The Bertz CT molecular complexity index is 697. The first-order chi connectivity index (χ1) is 10.1. The maximum absolute atomic E-state index is 12.5. The molecule has 0 spiro atoms. The first-order valence-corrected chi connectivity index (χ1v) is 8.42. The molecular weight excluding hydrogens is 327 g/mol. The van der Waals surface area contributed by atoms with Crippen LogP contribution in [0.25, 0.3) is 12.2 Å². The molecule has 0 fully saturated rings. The van der Waals surface area contributed by atoms with E-state index in [0.29, 0.717) is 0 Å². The topological polar surface area (TPSA) is 34.1 Å². The zero-order valence-corrected chi connectivity index (χ0v) is 13.2. The normalized spacial score (nSPS) is 12.3. The van der Waals surface area contributed by atoms with E-state index in [4.69, 9.17) is 23.2 Å². The van der Waals surface area contributed by atoms with Crippen molar-refractivity contribution in [2.45, 2.75) is 9.79 Å². The van der Waals surface area contributed by atoms with Gasteiger partial charge in [0.15, 0.2) is 0 Å². The van der Waals surface area contributed by atoms with Crippen LogP contribution in [-0.2, 0) is 9.84 Å². The van der Waals surface area contributed by atoms with Gasteiger partial charge >= 0.3 is 0 Å². The Labute approximate surface area is 134 Å². The highest BCUT2D eigenvalue weighted by Crippen LogP contribution is 2.22. The molecule has 0 radical (unpaired) electrons. The van der Waals surface area contributed by atoms with Gasteiger partial charge in [0.1, 0.15) is 0 Å². The molecule has 21 heavy (non-hydrogen) atoms. The Hall–Kier alpha value is -1.55. The van der Waals surface area contributed by atoms with Crippen LogP contribution in [0.15, 0.2) is 69.4 Å². The summed E-state index contributed by atoms with van der Waals surface area (Å²) in [4.78, 5) is 0.490. The lowest BCUT2D eigenvalue weighted by Crippen LogP contribution is -2.01. The molecule has 2 aromatic carbocycles. The van der Waals surface area contributed by atoms with Crippen molar-refractivity contribution in [2.24, 2.45) is 0 Å². The van der Waals surface area contributed by atoms with Crippen molar-refractivity contribution in [1.82, 2.24) is 0 Å². The van der Waals surface area contributed by atoms with Gasteiger partial charge in [0.2, 0.25) is 9.84 Å². The van der Waals surface area contributed by atoms with Crippen LogP contribution in [0.1, 0.15) is 11.1 Å². The lowest BCUT2D eigenvalue weighted by Gasteiger charge is -2.05. The second kappa shape index (κ2) is 6.94. The van der Waals surface area contributed by atoms with Gasteiger partial charge in [-0.05, 0) is 47.5 Å². The number of hydrogen-bond acceptors (Lipinski definition) is 2. The van der Waals surface area contributed by atoms with E-state index in [2.05, 4.69) is 0 Å². The van der Waals surface area contributed by atoms with Crippen LogP contribution in [0, 0.1) is 0 Å². The quantitative estimate of drug-likeness (QED) is 0.791. The van der Waals surface area contributed by atoms with Gasteiger partial charge in [-0.25, -0.2) is 8.42 Å². The van der Waals surface area contributed by atoms with Crippen molar-refractivity contribution < 1.29 is 8.42 Å². The van der Waals surface area contributed by atoms with E-state index in [9.17, 15) is 8.42 Å². The first-order valence-electron chi connectivity index (χ1n) is 6.06. The maximum atomic E-state index is 12.5. The number of halogens is 2. The summed E-state index contributed by atoms with van der Waals surface area (Å²) in [5, 5.41) is 0. The summed E-state index contributed by atoms with van der Waals surface area (Å²) >= 11 is 11.0. The third kappa shape index (κ3) is 3.76. The predicted molar refractivity (Wildman–Crippen MR) is 88.1 cm³/mol. The van der Waals surface area contributed by atoms with E-state index in [0.717, 1.165) is 11.1 Å². The Morgan fingerprint density at radius 3 is 1.29 bits per heavy atom. The number of rotatable bonds is 4. The Kier molecular flexibility index (Phi) is 5.23. The van der Waals surface area contributed by atoms with Crippen molar-refractivity contribution in [2.75, 3.05) is 0 Å². The van der Waals surface area contributed by atoms with E-state index in [1.54, 1.807) is 60.7 Å². The number of hydrogen-bond donors (Lipinski definition) is 0. The van der Waals surface area contributed by atoms with E-state index in [1.165, 1.54) is 11.1 Å². The summed E-state index contributed by atoms with van der Waals surface area (Å²) < 4.78 is 25.0. The molecule has 0 unspecified atom stereocenters. The van der Waals surface area contributed by atoms with Crippen LogP contribution < -0.4 is 0 Å². The highest BCUT2D eigenvalue weighted by atomic mass is 35.5. The van der Waals surface area contributed by atoms with Crippen LogP contribution in [0.4, 0.5) is 0 Å². The van der Waals surface area contributed by atoms with Crippen molar-refractivity contribution in [3.63, 3.8) is 0 Å². The molecule has 5 heteroatoms. The van der Waals surface area contributed by atoms with E-state index < -0.39 is 9.84 Å². The van der Waals surface area contributed by atoms with Crippen molar-refractivity contribution in [1.29, 1.82) is 0 Å². The smallest absolute Gasteiger partial charge is 0.206 e. The second-order valence-electron chi connectivity index (χ2n) is 4.23. The van der Waals surface area contributed by atoms with Gasteiger partial charge in [0.25, 0.3) is 0 Å². The van der Waals surface area contributed by atoms with Crippen LogP contribution in [0.5, 0.6) is 0 Å². The SMILES string of the molecule is O=S(=O)(c1ccc(C=CCl)cc1)c1ccc(C=CCl)cc1. The average Bonchev–Trinajstić information content (AvgIpc) is 2.49. The molecule has 0 aliphatic carbocycles. The Morgan fingerprint density at radius 1 is 0.667 bits per heavy atom. The molecule has 2 aromatic rings.